The number of benzene rings is 1. The van der Waals surface area contributed by atoms with Gasteiger partial charge in [-0.2, -0.15) is 0 Å². The smallest absolute Gasteiger partial charge is 0.175 e. The SMILES string of the molecule is Cn1ccnc1CC(NN)c1ccc(S(C)(=O)=O)cc1. The maximum atomic E-state index is 11.4. The third-order valence-corrected chi connectivity index (χ3v) is 4.35. The highest BCUT2D eigenvalue weighted by Crippen LogP contribution is 2.19. The average Bonchev–Trinajstić information content (AvgIpc) is 2.80. The Hall–Kier alpha value is -1.70. The molecule has 20 heavy (non-hydrogen) atoms. The van der Waals surface area contributed by atoms with Gasteiger partial charge in [0.1, 0.15) is 5.82 Å². The van der Waals surface area contributed by atoms with Crippen LogP contribution in [0.2, 0.25) is 0 Å². The molecule has 2 rings (SSSR count). The lowest BCUT2D eigenvalue weighted by atomic mass is 10.0. The molecule has 108 valence electrons. The first-order valence-electron chi connectivity index (χ1n) is 6.14. The molecule has 2 aromatic rings. The van der Waals surface area contributed by atoms with Gasteiger partial charge in [-0.1, -0.05) is 12.1 Å². The molecule has 1 unspecified atom stereocenters. The Labute approximate surface area is 118 Å². The molecule has 0 amide bonds. The van der Waals surface area contributed by atoms with E-state index in [1.807, 2.05) is 17.8 Å². The summed E-state index contributed by atoms with van der Waals surface area (Å²) >= 11 is 0. The van der Waals surface area contributed by atoms with E-state index in [1.54, 1.807) is 30.5 Å². The van der Waals surface area contributed by atoms with Crippen LogP contribution >= 0.6 is 0 Å². The van der Waals surface area contributed by atoms with Crippen molar-refractivity contribution in [3.8, 4) is 0 Å². The van der Waals surface area contributed by atoms with Crippen LogP contribution in [0.3, 0.4) is 0 Å². The summed E-state index contributed by atoms with van der Waals surface area (Å²) in [6, 6.07) is 6.60. The second-order valence-electron chi connectivity index (χ2n) is 4.72. The van der Waals surface area contributed by atoms with Gasteiger partial charge in [0.2, 0.25) is 0 Å². The summed E-state index contributed by atoms with van der Waals surface area (Å²) in [5.74, 6) is 6.49. The van der Waals surface area contributed by atoms with Crippen molar-refractivity contribution in [1.82, 2.24) is 15.0 Å². The van der Waals surface area contributed by atoms with Crippen LogP contribution in [-0.2, 0) is 23.3 Å². The molecule has 1 heterocycles. The Kier molecular flexibility index (Phi) is 4.22. The van der Waals surface area contributed by atoms with Gasteiger partial charge in [-0.15, -0.1) is 0 Å². The quantitative estimate of drug-likeness (QED) is 0.621. The number of hydrogen-bond donors (Lipinski definition) is 2. The zero-order valence-corrected chi connectivity index (χ0v) is 12.3. The molecule has 0 saturated heterocycles. The minimum absolute atomic E-state index is 0.121. The number of sulfone groups is 1. The number of nitrogens with one attached hydrogen (secondary N) is 1. The van der Waals surface area contributed by atoms with Crippen molar-refractivity contribution in [2.75, 3.05) is 6.26 Å². The van der Waals surface area contributed by atoms with E-state index >= 15 is 0 Å². The second kappa shape index (κ2) is 5.74. The molecule has 0 aliphatic rings. The number of nitrogens with two attached hydrogens (primary N) is 1. The molecular weight excluding hydrogens is 276 g/mol. The minimum atomic E-state index is -3.18. The summed E-state index contributed by atoms with van der Waals surface area (Å²) in [6.07, 6.45) is 5.41. The molecule has 0 radical (unpaired) electrons. The van der Waals surface area contributed by atoms with Gasteiger partial charge in [0.15, 0.2) is 9.84 Å². The number of imidazole rings is 1. The third-order valence-electron chi connectivity index (χ3n) is 3.22. The second-order valence-corrected chi connectivity index (χ2v) is 6.73. The van der Waals surface area contributed by atoms with Gasteiger partial charge >= 0.3 is 0 Å². The van der Waals surface area contributed by atoms with E-state index in [9.17, 15) is 8.42 Å². The summed E-state index contributed by atoms with van der Waals surface area (Å²) < 4.78 is 24.8. The maximum absolute atomic E-state index is 11.4. The molecule has 0 fully saturated rings. The lowest BCUT2D eigenvalue weighted by molar-refractivity contribution is 0.530. The van der Waals surface area contributed by atoms with Gasteiger partial charge in [-0.05, 0) is 17.7 Å². The Bertz CT molecular complexity index is 677. The van der Waals surface area contributed by atoms with Crippen molar-refractivity contribution in [2.45, 2.75) is 17.4 Å². The average molecular weight is 294 g/mol. The fourth-order valence-electron chi connectivity index (χ4n) is 2.00. The molecule has 0 bridgehead atoms. The fraction of sp³-hybridized carbons (Fsp3) is 0.308. The summed E-state index contributed by atoms with van der Waals surface area (Å²) in [5, 5.41) is 0. The van der Waals surface area contributed by atoms with Gasteiger partial charge in [0.05, 0.1) is 10.9 Å². The van der Waals surface area contributed by atoms with E-state index < -0.39 is 9.84 Å². The molecule has 7 heteroatoms. The van der Waals surface area contributed by atoms with E-state index in [2.05, 4.69) is 10.4 Å². The molecule has 0 aliphatic heterocycles. The number of rotatable bonds is 5. The van der Waals surface area contributed by atoms with Crippen LogP contribution in [0.1, 0.15) is 17.4 Å². The lowest BCUT2D eigenvalue weighted by Gasteiger charge is -2.16. The minimum Gasteiger partial charge on any atom is -0.338 e. The van der Waals surface area contributed by atoms with Crippen molar-refractivity contribution in [1.29, 1.82) is 0 Å². The third kappa shape index (κ3) is 3.24. The first-order valence-corrected chi connectivity index (χ1v) is 8.03. The highest BCUT2D eigenvalue weighted by molar-refractivity contribution is 7.90. The molecule has 1 aromatic carbocycles. The molecule has 3 N–H and O–H groups in total. The van der Waals surface area contributed by atoms with Crippen molar-refractivity contribution in [2.24, 2.45) is 12.9 Å². The van der Waals surface area contributed by atoms with Crippen LogP contribution in [0.4, 0.5) is 0 Å². The zero-order valence-electron chi connectivity index (χ0n) is 11.4. The van der Waals surface area contributed by atoms with E-state index in [4.69, 9.17) is 5.84 Å². The van der Waals surface area contributed by atoms with Gasteiger partial charge in [0.25, 0.3) is 0 Å². The van der Waals surface area contributed by atoms with Crippen LogP contribution in [-0.4, -0.2) is 24.2 Å². The van der Waals surface area contributed by atoms with E-state index in [1.165, 1.54) is 6.26 Å². The highest BCUT2D eigenvalue weighted by Gasteiger charge is 2.14. The largest absolute Gasteiger partial charge is 0.338 e. The maximum Gasteiger partial charge on any atom is 0.175 e. The Morgan fingerprint density at radius 3 is 2.45 bits per heavy atom. The molecular formula is C13H18N4O2S. The van der Waals surface area contributed by atoms with Crippen molar-refractivity contribution >= 4 is 9.84 Å². The Morgan fingerprint density at radius 1 is 1.35 bits per heavy atom. The molecule has 1 atom stereocenters. The van der Waals surface area contributed by atoms with Gasteiger partial charge in [-0.25, -0.2) is 13.4 Å². The number of hydrogen-bond acceptors (Lipinski definition) is 5. The predicted octanol–water partition coefficient (Wildman–Crippen LogP) is 0.571. The monoisotopic (exact) mass is 294 g/mol. The zero-order chi connectivity index (χ0) is 14.8. The standard InChI is InChI=1S/C13H18N4O2S/c1-17-8-7-15-13(17)9-12(16-14)10-3-5-11(6-4-10)20(2,18)19/h3-8,12,16H,9,14H2,1-2H3. The first kappa shape index (κ1) is 14.7. The molecule has 0 spiro atoms. The number of hydrazine groups is 1. The van der Waals surface area contributed by atoms with E-state index in [0.717, 1.165) is 11.4 Å². The molecule has 0 saturated carbocycles. The van der Waals surface area contributed by atoms with Crippen LogP contribution < -0.4 is 11.3 Å². The number of nitrogens with zero attached hydrogens (tertiary/aromatic N) is 2. The summed E-state index contributed by atoms with van der Waals surface area (Å²) in [6.45, 7) is 0. The summed E-state index contributed by atoms with van der Waals surface area (Å²) in [5.41, 5.74) is 3.66. The Balaban J connectivity index is 2.22. The molecule has 6 nitrogen and oxygen atoms in total. The van der Waals surface area contributed by atoms with Crippen LogP contribution in [0, 0.1) is 0 Å². The van der Waals surface area contributed by atoms with Crippen molar-refractivity contribution in [3.05, 3.63) is 48.0 Å². The Morgan fingerprint density at radius 2 is 2.00 bits per heavy atom. The van der Waals surface area contributed by atoms with E-state index in [0.29, 0.717) is 11.3 Å². The fourth-order valence-corrected chi connectivity index (χ4v) is 2.63. The number of aromatic nitrogens is 2. The van der Waals surface area contributed by atoms with Crippen molar-refractivity contribution < 1.29 is 8.42 Å². The number of aryl methyl sites for hydroxylation is 1. The van der Waals surface area contributed by atoms with Crippen molar-refractivity contribution in [3.63, 3.8) is 0 Å². The summed E-state index contributed by atoms with van der Waals surface area (Å²) in [4.78, 5) is 4.56. The van der Waals surface area contributed by atoms with Gasteiger partial charge < -0.3 is 4.57 Å². The molecule has 0 aliphatic carbocycles. The first-order chi connectivity index (χ1) is 9.41. The van der Waals surface area contributed by atoms with Crippen LogP contribution in [0.15, 0.2) is 41.6 Å². The van der Waals surface area contributed by atoms with Crippen LogP contribution in [0.5, 0.6) is 0 Å². The topological polar surface area (TPSA) is 90.0 Å². The highest BCUT2D eigenvalue weighted by atomic mass is 32.2. The van der Waals surface area contributed by atoms with Gasteiger partial charge in [-0.3, -0.25) is 11.3 Å². The van der Waals surface area contributed by atoms with Gasteiger partial charge in [0, 0.05) is 32.1 Å². The molecule has 1 aromatic heterocycles. The predicted molar refractivity (Wildman–Crippen MR) is 76.5 cm³/mol. The van der Waals surface area contributed by atoms with Crippen LogP contribution in [0.25, 0.3) is 0 Å². The summed E-state index contributed by atoms with van der Waals surface area (Å²) in [7, 11) is -1.26. The normalized spacial score (nSPS) is 13.3. The van der Waals surface area contributed by atoms with E-state index in [-0.39, 0.29) is 6.04 Å². The lowest BCUT2D eigenvalue weighted by Crippen LogP contribution is -2.30.